The summed E-state index contributed by atoms with van der Waals surface area (Å²) in [6, 6.07) is 0. The molecule has 0 aliphatic rings. The Morgan fingerprint density at radius 1 is 1.53 bits per heavy atom. The van der Waals surface area contributed by atoms with Crippen LogP contribution in [0.15, 0.2) is 11.1 Å². The number of anilines is 1. The molecule has 2 rings (SSSR count). The van der Waals surface area contributed by atoms with E-state index in [2.05, 4.69) is 35.7 Å². The minimum absolute atomic E-state index is 0.0788. The van der Waals surface area contributed by atoms with Gasteiger partial charge in [-0.1, -0.05) is 20.8 Å². The predicted molar refractivity (Wildman–Crippen MR) is 72.6 cm³/mol. The minimum Gasteiger partial charge on any atom is -0.369 e. The van der Waals surface area contributed by atoms with Crippen molar-refractivity contribution in [3.63, 3.8) is 0 Å². The second kappa shape index (κ2) is 5.40. The summed E-state index contributed by atoms with van der Waals surface area (Å²) in [7, 11) is 0. The van der Waals surface area contributed by atoms with E-state index >= 15 is 0 Å². The number of nitrogens with two attached hydrogens (primary N) is 1. The normalized spacial score (nSPS) is 13.3. The quantitative estimate of drug-likeness (QED) is 0.843. The van der Waals surface area contributed by atoms with Gasteiger partial charge in [-0.2, -0.15) is 4.98 Å². The molecule has 2 aromatic rings. The highest BCUT2D eigenvalue weighted by Gasteiger charge is 2.13. The molecule has 104 valence electrons. The molecule has 0 amide bonds. The van der Waals surface area contributed by atoms with Crippen molar-refractivity contribution in [1.82, 2.24) is 19.5 Å². The van der Waals surface area contributed by atoms with Crippen LogP contribution in [-0.4, -0.2) is 25.6 Å². The van der Waals surface area contributed by atoms with E-state index in [-0.39, 0.29) is 23.1 Å². The fourth-order valence-electron chi connectivity index (χ4n) is 2.02. The zero-order valence-electron chi connectivity index (χ0n) is 11.4. The Morgan fingerprint density at radius 3 is 2.89 bits per heavy atom. The van der Waals surface area contributed by atoms with Crippen LogP contribution in [0.2, 0.25) is 0 Å². The second-order valence-corrected chi connectivity index (χ2v) is 4.82. The largest absolute Gasteiger partial charge is 0.369 e. The number of rotatable bonds is 5. The molecule has 19 heavy (non-hydrogen) atoms. The van der Waals surface area contributed by atoms with Crippen LogP contribution in [0.3, 0.4) is 0 Å². The van der Waals surface area contributed by atoms with Crippen LogP contribution in [0, 0.1) is 5.92 Å². The van der Waals surface area contributed by atoms with Crippen molar-refractivity contribution in [2.45, 2.75) is 40.0 Å². The lowest BCUT2D eigenvalue weighted by Crippen LogP contribution is -2.20. The van der Waals surface area contributed by atoms with Gasteiger partial charge in [0.05, 0.1) is 12.4 Å². The molecule has 0 aliphatic heterocycles. The molecule has 0 aliphatic carbocycles. The van der Waals surface area contributed by atoms with Crippen LogP contribution >= 0.6 is 0 Å². The van der Waals surface area contributed by atoms with Gasteiger partial charge in [-0.3, -0.25) is 14.3 Å². The van der Waals surface area contributed by atoms with Crippen LogP contribution in [0.4, 0.5) is 5.95 Å². The van der Waals surface area contributed by atoms with Crippen molar-refractivity contribution in [1.29, 1.82) is 0 Å². The first-order chi connectivity index (χ1) is 9.02. The predicted octanol–water partition coefficient (Wildman–Crippen LogP) is 1.11. The number of nitrogens with one attached hydrogen (secondary N) is 1. The number of fused-ring (bicyclic) bond motifs is 1. The van der Waals surface area contributed by atoms with Crippen molar-refractivity contribution < 1.29 is 4.74 Å². The van der Waals surface area contributed by atoms with Gasteiger partial charge in [0.1, 0.15) is 6.73 Å². The number of nitrogen functional groups attached to an aromatic ring is 1. The lowest BCUT2D eigenvalue weighted by Gasteiger charge is -2.19. The van der Waals surface area contributed by atoms with E-state index < -0.39 is 0 Å². The molecule has 1 unspecified atom stereocenters. The standard InChI is InChI=1S/C12H19N5O2/c1-4-8(7(2)3)19-6-17-5-14-9-10(17)15-12(13)16-11(9)18/h5,7-8H,4,6H2,1-3H3,(H3,13,15,16,18). The fourth-order valence-corrected chi connectivity index (χ4v) is 2.02. The maximum Gasteiger partial charge on any atom is 0.280 e. The molecule has 1 atom stereocenters. The van der Waals surface area contributed by atoms with Gasteiger partial charge in [0.2, 0.25) is 5.95 Å². The van der Waals surface area contributed by atoms with Gasteiger partial charge >= 0.3 is 0 Å². The van der Waals surface area contributed by atoms with Crippen molar-refractivity contribution >= 4 is 17.1 Å². The molecule has 2 aromatic heterocycles. The Labute approximate surface area is 110 Å². The SMILES string of the molecule is CCC(OCn1cnc2c(=O)[nH]c(N)nc21)C(C)C. The van der Waals surface area contributed by atoms with Crippen LogP contribution in [0.25, 0.3) is 11.2 Å². The number of imidazole rings is 1. The summed E-state index contributed by atoms with van der Waals surface area (Å²) in [5.74, 6) is 0.511. The van der Waals surface area contributed by atoms with Crippen molar-refractivity contribution in [3.05, 3.63) is 16.7 Å². The van der Waals surface area contributed by atoms with Gasteiger partial charge in [-0.15, -0.1) is 0 Å². The molecule has 0 saturated heterocycles. The molecule has 0 fully saturated rings. The number of aromatic amines is 1. The number of ether oxygens (including phenoxy) is 1. The molecule has 0 radical (unpaired) electrons. The summed E-state index contributed by atoms with van der Waals surface area (Å²) in [6.07, 6.45) is 2.64. The summed E-state index contributed by atoms with van der Waals surface area (Å²) in [6.45, 7) is 6.61. The number of H-pyrrole nitrogens is 1. The highest BCUT2D eigenvalue weighted by molar-refractivity contribution is 5.70. The molecule has 7 heteroatoms. The molecule has 7 nitrogen and oxygen atoms in total. The van der Waals surface area contributed by atoms with Crippen LogP contribution in [-0.2, 0) is 11.5 Å². The smallest absolute Gasteiger partial charge is 0.280 e. The molecule has 0 bridgehead atoms. The maximum absolute atomic E-state index is 11.6. The average molecular weight is 265 g/mol. The van der Waals surface area contributed by atoms with Crippen molar-refractivity contribution in [3.8, 4) is 0 Å². The third-order valence-corrected chi connectivity index (χ3v) is 3.07. The number of hydrogen-bond acceptors (Lipinski definition) is 5. The third-order valence-electron chi connectivity index (χ3n) is 3.07. The number of nitrogens with zero attached hydrogens (tertiary/aromatic N) is 3. The van der Waals surface area contributed by atoms with E-state index in [0.29, 0.717) is 18.3 Å². The zero-order chi connectivity index (χ0) is 14.0. The molecular formula is C12H19N5O2. The lowest BCUT2D eigenvalue weighted by molar-refractivity contribution is -0.0191. The summed E-state index contributed by atoms with van der Waals surface area (Å²) in [4.78, 5) is 22.2. The second-order valence-electron chi connectivity index (χ2n) is 4.82. The van der Waals surface area contributed by atoms with E-state index in [1.54, 1.807) is 10.9 Å². The van der Waals surface area contributed by atoms with Crippen LogP contribution in [0.1, 0.15) is 27.2 Å². The number of aromatic nitrogens is 4. The average Bonchev–Trinajstić information content (AvgIpc) is 2.73. The van der Waals surface area contributed by atoms with Crippen LogP contribution < -0.4 is 11.3 Å². The van der Waals surface area contributed by atoms with Crippen LogP contribution in [0.5, 0.6) is 0 Å². The first-order valence-corrected chi connectivity index (χ1v) is 6.35. The van der Waals surface area contributed by atoms with E-state index in [9.17, 15) is 4.79 Å². The number of hydrogen-bond donors (Lipinski definition) is 2. The van der Waals surface area contributed by atoms with Gasteiger partial charge < -0.3 is 10.5 Å². The Balaban J connectivity index is 2.24. The first-order valence-electron chi connectivity index (χ1n) is 6.35. The molecule has 0 spiro atoms. The Kier molecular flexibility index (Phi) is 3.84. The minimum atomic E-state index is -0.336. The maximum atomic E-state index is 11.6. The third kappa shape index (κ3) is 2.76. The summed E-state index contributed by atoms with van der Waals surface area (Å²) < 4.78 is 7.50. The topological polar surface area (TPSA) is 98.8 Å². The molecule has 0 saturated carbocycles. The lowest BCUT2D eigenvalue weighted by atomic mass is 10.1. The summed E-state index contributed by atoms with van der Waals surface area (Å²) >= 11 is 0. The van der Waals surface area contributed by atoms with Gasteiger partial charge in [-0.25, -0.2) is 4.98 Å². The van der Waals surface area contributed by atoms with Crippen molar-refractivity contribution in [2.75, 3.05) is 5.73 Å². The highest BCUT2D eigenvalue weighted by atomic mass is 16.5. The highest BCUT2D eigenvalue weighted by Crippen LogP contribution is 2.13. The van der Waals surface area contributed by atoms with E-state index in [4.69, 9.17) is 10.5 Å². The Bertz CT molecular complexity index is 616. The summed E-state index contributed by atoms with van der Waals surface area (Å²) in [5, 5.41) is 0. The van der Waals surface area contributed by atoms with Gasteiger partial charge in [0.15, 0.2) is 11.2 Å². The van der Waals surface area contributed by atoms with Gasteiger partial charge in [0.25, 0.3) is 5.56 Å². The molecule has 0 aromatic carbocycles. The zero-order valence-corrected chi connectivity index (χ0v) is 11.4. The Morgan fingerprint density at radius 2 is 2.26 bits per heavy atom. The molecular weight excluding hydrogens is 246 g/mol. The van der Waals surface area contributed by atoms with Crippen molar-refractivity contribution in [2.24, 2.45) is 5.92 Å². The van der Waals surface area contributed by atoms with E-state index in [0.717, 1.165) is 6.42 Å². The summed E-state index contributed by atoms with van der Waals surface area (Å²) in [5.41, 5.74) is 5.92. The Hall–Kier alpha value is -1.89. The van der Waals surface area contributed by atoms with Gasteiger partial charge in [-0.05, 0) is 12.3 Å². The van der Waals surface area contributed by atoms with Gasteiger partial charge in [0, 0.05) is 0 Å². The monoisotopic (exact) mass is 265 g/mol. The van der Waals surface area contributed by atoms with E-state index in [1.807, 2.05) is 0 Å². The fraction of sp³-hybridized carbons (Fsp3) is 0.583. The van der Waals surface area contributed by atoms with E-state index in [1.165, 1.54) is 0 Å². The first kappa shape index (κ1) is 13.5. The molecule has 2 heterocycles. The molecule has 3 N–H and O–H groups in total.